The molecule has 0 aliphatic carbocycles. The third-order valence-electron chi connectivity index (χ3n) is 3.59. The second-order valence-electron chi connectivity index (χ2n) is 5.22. The summed E-state index contributed by atoms with van der Waals surface area (Å²) in [5.74, 6) is -0.175. The van der Waals surface area contributed by atoms with Crippen molar-refractivity contribution in [2.45, 2.75) is 26.7 Å². The van der Waals surface area contributed by atoms with Gasteiger partial charge in [0.1, 0.15) is 0 Å². The second kappa shape index (κ2) is 6.34. The van der Waals surface area contributed by atoms with E-state index in [1.807, 2.05) is 19.9 Å². The molecule has 0 unspecified atom stereocenters. The average Bonchev–Trinajstić information content (AvgIpc) is 2.92. The highest BCUT2D eigenvalue weighted by atomic mass is 32.1. The third kappa shape index (κ3) is 3.03. The van der Waals surface area contributed by atoms with E-state index in [1.165, 1.54) is 0 Å². The Hall–Kier alpha value is -2.47. The molecule has 3 aromatic rings. The molecule has 3 rings (SSSR count). The number of thiazole rings is 1. The molecule has 0 saturated heterocycles. The maximum absolute atomic E-state index is 12.3. The van der Waals surface area contributed by atoms with Crippen LogP contribution >= 0.6 is 11.3 Å². The van der Waals surface area contributed by atoms with Gasteiger partial charge in [0, 0.05) is 5.56 Å². The summed E-state index contributed by atoms with van der Waals surface area (Å²) in [5, 5.41) is 0. The number of nitrogens with zero attached hydrogens (tertiary/aromatic N) is 1. The molecule has 5 nitrogen and oxygen atoms in total. The Morgan fingerprint density at radius 1 is 1.30 bits per heavy atom. The Labute approximate surface area is 137 Å². The van der Waals surface area contributed by atoms with Crippen LogP contribution in [0.15, 0.2) is 35.1 Å². The molecule has 0 atom stereocenters. The fraction of sp³-hybridized carbons (Fsp3) is 0.235. The van der Waals surface area contributed by atoms with Crippen molar-refractivity contribution < 1.29 is 9.53 Å². The van der Waals surface area contributed by atoms with E-state index in [-0.39, 0.29) is 10.8 Å². The number of pyridine rings is 1. The normalized spacial score (nSPS) is 10.9. The van der Waals surface area contributed by atoms with Gasteiger partial charge in [-0.15, -0.1) is 0 Å². The Morgan fingerprint density at radius 3 is 2.74 bits per heavy atom. The van der Waals surface area contributed by atoms with Gasteiger partial charge in [-0.05, 0) is 31.0 Å². The van der Waals surface area contributed by atoms with Crippen molar-refractivity contribution in [3.63, 3.8) is 0 Å². The molecule has 2 aromatic heterocycles. The lowest BCUT2D eigenvalue weighted by molar-refractivity contribution is 0.0726. The molecular formula is C17H16N2O3S. The number of ether oxygens (including phenoxy) is 1. The van der Waals surface area contributed by atoms with Crippen LogP contribution in [0, 0.1) is 6.92 Å². The van der Waals surface area contributed by atoms with E-state index in [2.05, 4.69) is 9.97 Å². The van der Waals surface area contributed by atoms with Gasteiger partial charge in [0.25, 0.3) is 0 Å². The van der Waals surface area contributed by atoms with Gasteiger partial charge >= 0.3 is 10.8 Å². The standard InChI is InChI=1S/C17H16N2O3S/c1-3-7-12-10(2)13-14(19-17(21)23-13)18-15(12)22-16(20)11-8-5-4-6-9-11/h4-6,8-9H,3,7H2,1-2H3,(H,18,19,21). The van der Waals surface area contributed by atoms with Crippen LogP contribution in [0.25, 0.3) is 10.3 Å². The zero-order valence-electron chi connectivity index (χ0n) is 12.9. The van der Waals surface area contributed by atoms with Crippen LogP contribution in [0.5, 0.6) is 5.88 Å². The zero-order chi connectivity index (χ0) is 16.4. The number of aromatic amines is 1. The third-order valence-corrected chi connectivity index (χ3v) is 4.59. The quantitative estimate of drug-likeness (QED) is 0.744. The molecule has 23 heavy (non-hydrogen) atoms. The number of esters is 1. The smallest absolute Gasteiger partial charge is 0.344 e. The highest BCUT2D eigenvalue weighted by Crippen LogP contribution is 2.29. The van der Waals surface area contributed by atoms with Crippen LogP contribution in [0.3, 0.4) is 0 Å². The summed E-state index contributed by atoms with van der Waals surface area (Å²) in [7, 11) is 0. The number of aromatic nitrogens is 2. The minimum atomic E-state index is -0.452. The summed E-state index contributed by atoms with van der Waals surface area (Å²) < 4.78 is 6.33. The Morgan fingerprint density at radius 2 is 2.04 bits per heavy atom. The van der Waals surface area contributed by atoms with Gasteiger partial charge < -0.3 is 4.74 Å². The molecule has 0 fully saturated rings. The molecule has 1 N–H and O–H groups in total. The van der Waals surface area contributed by atoms with E-state index >= 15 is 0 Å². The molecule has 1 aromatic carbocycles. The van der Waals surface area contributed by atoms with Crippen molar-refractivity contribution >= 4 is 27.7 Å². The van der Waals surface area contributed by atoms with E-state index in [1.54, 1.807) is 24.3 Å². The summed E-state index contributed by atoms with van der Waals surface area (Å²) in [6, 6.07) is 8.78. The van der Waals surface area contributed by atoms with Crippen LogP contribution in [0.4, 0.5) is 0 Å². The molecule has 118 valence electrons. The van der Waals surface area contributed by atoms with E-state index < -0.39 is 5.97 Å². The van der Waals surface area contributed by atoms with Crippen molar-refractivity contribution in [3.05, 3.63) is 56.7 Å². The first-order valence-corrected chi connectivity index (χ1v) is 8.21. The van der Waals surface area contributed by atoms with Crippen LogP contribution < -0.4 is 9.61 Å². The fourth-order valence-electron chi connectivity index (χ4n) is 2.47. The van der Waals surface area contributed by atoms with E-state index in [0.717, 1.165) is 40.0 Å². The maximum atomic E-state index is 12.3. The van der Waals surface area contributed by atoms with Gasteiger partial charge in [-0.25, -0.2) is 4.79 Å². The fourth-order valence-corrected chi connectivity index (χ4v) is 3.27. The summed E-state index contributed by atoms with van der Waals surface area (Å²) in [6.45, 7) is 3.98. The number of carbonyl (C=O) groups is 1. The van der Waals surface area contributed by atoms with Crippen molar-refractivity contribution in [1.82, 2.24) is 9.97 Å². The SMILES string of the molecule is CCCc1c(OC(=O)c2ccccc2)nc2[nH]c(=O)sc2c1C. The van der Waals surface area contributed by atoms with Gasteiger partial charge in [-0.3, -0.25) is 9.78 Å². The summed E-state index contributed by atoms with van der Waals surface area (Å²) >= 11 is 1.13. The number of H-pyrrole nitrogens is 1. The molecule has 0 spiro atoms. The molecule has 0 radical (unpaired) electrons. The topological polar surface area (TPSA) is 72.0 Å². The predicted molar refractivity (Wildman–Crippen MR) is 90.4 cm³/mol. The molecule has 0 bridgehead atoms. The van der Waals surface area contributed by atoms with Crippen LogP contribution in [-0.4, -0.2) is 15.9 Å². The molecule has 0 aliphatic rings. The van der Waals surface area contributed by atoms with Crippen molar-refractivity contribution in [2.24, 2.45) is 0 Å². The van der Waals surface area contributed by atoms with E-state index in [9.17, 15) is 9.59 Å². The van der Waals surface area contributed by atoms with Crippen LogP contribution in [0.1, 0.15) is 34.8 Å². The van der Waals surface area contributed by atoms with E-state index in [4.69, 9.17) is 4.74 Å². The molecule has 6 heteroatoms. The monoisotopic (exact) mass is 328 g/mol. The van der Waals surface area contributed by atoms with Gasteiger partial charge in [0.05, 0.1) is 10.3 Å². The zero-order valence-corrected chi connectivity index (χ0v) is 13.7. The van der Waals surface area contributed by atoms with Crippen LogP contribution in [-0.2, 0) is 6.42 Å². The lowest BCUT2D eigenvalue weighted by Crippen LogP contribution is -2.12. The number of carbonyl (C=O) groups excluding carboxylic acids is 1. The lowest BCUT2D eigenvalue weighted by atomic mass is 10.1. The Balaban J connectivity index is 2.06. The van der Waals surface area contributed by atoms with Gasteiger partial charge in [-0.1, -0.05) is 42.9 Å². The molecule has 0 amide bonds. The van der Waals surface area contributed by atoms with Crippen molar-refractivity contribution in [2.75, 3.05) is 0 Å². The number of hydrogen-bond acceptors (Lipinski definition) is 5. The largest absolute Gasteiger partial charge is 0.403 e. The molecule has 0 saturated carbocycles. The van der Waals surface area contributed by atoms with Gasteiger partial charge in [0.15, 0.2) is 5.65 Å². The number of rotatable bonds is 4. The van der Waals surface area contributed by atoms with E-state index in [0.29, 0.717) is 11.2 Å². The van der Waals surface area contributed by atoms with Crippen molar-refractivity contribution in [1.29, 1.82) is 0 Å². The number of nitrogens with one attached hydrogen (secondary N) is 1. The number of hydrogen-bond donors (Lipinski definition) is 1. The second-order valence-corrected chi connectivity index (χ2v) is 6.20. The first-order chi connectivity index (χ1) is 11.1. The number of benzene rings is 1. The minimum absolute atomic E-state index is 0.162. The minimum Gasteiger partial charge on any atom is -0.403 e. The highest BCUT2D eigenvalue weighted by molar-refractivity contribution is 7.16. The maximum Gasteiger partial charge on any atom is 0.344 e. The molecule has 2 heterocycles. The predicted octanol–water partition coefficient (Wildman–Crippen LogP) is 3.46. The lowest BCUT2D eigenvalue weighted by Gasteiger charge is -2.11. The number of fused-ring (bicyclic) bond motifs is 1. The first-order valence-electron chi connectivity index (χ1n) is 7.39. The molecule has 0 aliphatic heterocycles. The first kappa shape index (κ1) is 15.4. The summed E-state index contributed by atoms with van der Waals surface area (Å²) in [6.07, 6.45) is 1.63. The average molecular weight is 328 g/mol. The number of aryl methyl sites for hydroxylation is 1. The summed E-state index contributed by atoms with van der Waals surface area (Å²) in [4.78, 5) is 30.7. The van der Waals surface area contributed by atoms with Crippen LogP contribution in [0.2, 0.25) is 0 Å². The highest BCUT2D eigenvalue weighted by Gasteiger charge is 2.18. The van der Waals surface area contributed by atoms with Gasteiger partial charge in [-0.2, -0.15) is 4.98 Å². The summed E-state index contributed by atoms with van der Waals surface area (Å²) in [5.41, 5.74) is 2.75. The van der Waals surface area contributed by atoms with Crippen molar-refractivity contribution in [3.8, 4) is 5.88 Å². The Kier molecular flexibility index (Phi) is 4.25. The van der Waals surface area contributed by atoms with Gasteiger partial charge in [0.2, 0.25) is 5.88 Å². The Bertz CT molecular complexity index is 913. The molecular weight excluding hydrogens is 312 g/mol.